The van der Waals surface area contributed by atoms with Gasteiger partial charge in [0.15, 0.2) is 0 Å². The van der Waals surface area contributed by atoms with Crippen LogP contribution in [0, 0.1) is 5.92 Å². The van der Waals surface area contributed by atoms with E-state index >= 15 is 0 Å². The minimum Gasteiger partial charge on any atom is -0.369 e. The molecule has 2 unspecified atom stereocenters. The first-order valence-corrected chi connectivity index (χ1v) is 5.95. The third-order valence-electron chi connectivity index (χ3n) is 2.88. The molecule has 4 heteroatoms. The van der Waals surface area contributed by atoms with Crippen LogP contribution in [0.15, 0.2) is 0 Å². The van der Waals surface area contributed by atoms with Crippen LogP contribution in [0.2, 0.25) is 0 Å². The lowest BCUT2D eigenvalue weighted by Gasteiger charge is -2.42. The molecule has 4 nitrogen and oxygen atoms in total. The summed E-state index contributed by atoms with van der Waals surface area (Å²) < 4.78 is 5.76. The number of nitrogens with zero attached hydrogens (tertiary/aromatic N) is 1. The molecule has 1 rings (SSSR count). The summed E-state index contributed by atoms with van der Waals surface area (Å²) in [5, 5.41) is 0. The van der Waals surface area contributed by atoms with Crippen LogP contribution < -0.4 is 5.73 Å². The summed E-state index contributed by atoms with van der Waals surface area (Å²) in [5.74, 6) is 0.215. The quantitative estimate of drug-likeness (QED) is 0.767. The van der Waals surface area contributed by atoms with Gasteiger partial charge >= 0.3 is 0 Å². The lowest BCUT2D eigenvalue weighted by molar-refractivity contribution is -0.159. The van der Waals surface area contributed by atoms with E-state index in [1.807, 2.05) is 39.5 Å². The second-order valence-electron chi connectivity index (χ2n) is 5.68. The summed E-state index contributed by atoms with van der Waals surface area (Å²) >= 11 is 0. The molecule has 1 fully saturated rings. The number of carbonyl (C=O) groups is 1. The average molecular weight is 228 g/mol. The van der Waals surface area contributed by atoms with Gasteiger partial charge in [0.1, 0.15) is 0 Å². The van der Waals surface area contributed by atoms with Crippen molar-refractivity contribution in [2.45, 2.75) is 52.4 Å². The molecule has 0 aromatic rings. The SMILES string of the molecule is CC1CN(C(=O)C(N)C(C)C)CC(C)(C)O1. The van der Waals surface area contributed by atoms with Gasteiger partial charge in [0, 0.05) is 13.1 Å². The molecule has 2 atom stereocenters. The van der Waals surface area contributed by atoms with Crippen LogP contribution in [-0.4, -0.2) is 41.6 Å². The third-order valence-corrected chi connectivity index (χ3v) is 2.88. The highest BCUT2D eigenvalue weighted by Gasteiger charge is 2.35. The number of ether oxygens (including phenoxy) is 1. The number of carbonyl (C=O) groups excluding carboxylic acids is 1. The molecule has 1 aliphatic heterocycles. The number of hydrogen-bond donors (Lipinski definition) is 1. The van der Waals surface area contributed by atoms with Gasteiger partial charge in [-0.25, -0.2) is 0 Å². The minimum absolute atomic E-state index is 0.0400. The molecule has 1 aliphatic rings. The lowest BCUT2D eigenvalue weighted by Crippen LogP contribution is -2.58. The zero-order chi connectivity index (χ0) is 12.5. The summed E-state index contributed by atoms with van der Waals surface area (Å²) in [6.07, 6.45) is 0.0760. The molecule has 1 amide bonds. The smallest absolute Gasteiger partial charge is 0.239 e. The summed E-state index contributed by atoms with van der Waals surface area (Å²) in [7, 11) is 0. The summed E-state index contributed by atoms with van der Waals surface area (Å²) in [6.45, 7) is 11.2. The summed E-state index contributed by atoms with van der Waals surface area (Å²) in [5.41, 5.74) is 5.62. The van der Waals surface area contributed by atoms with E-state index in [1.54, 1.807) is 0 Å². The molecule has 0 aliphatic carbocycles. The Hall–Kier alpha value is -0.610. The topological polar surface area (TPSA) is 55.6 Å². The van der Waals surface area contributed by atoms with Crippen LogP contribution in [0.25, 0.3) is 0 Å². The molecule has 94 valence electrons. The molecule has 0 spiro atoms. The highest BCUT2D eigenvalue weighted by molar-refractivity contribution is 5.82. The Morgan fingerprint density at radius 3 is 2.50 bits per heavy atom. The fourth-order valence-electron chi connectivity index (χ4n) is 2.12. The molecule has 16 heavy (non-hydrogen) atoms. The molecule has 1 saturated heterocycles. The van der Waals surface area contributed by atoms with Crippen LogP contribution in [-0.2, 0) is 9.53 Å². The third kappa shape index (κ3) is 3.19. The van der Waals surface area contributed by atoms with E-state index < -0.39 is 6.04 Å². The Labute approximate surface area is 98.1 Å². The van der Waals surface area contributed by atoms with Crippen molar-refractivity contribution < 1.29 is 9.53 Å². The van der Waals surface area contributed by atoms with Crippen molar-refractivity contribution in [3.8, 4) is 0 Å². The van der Waals surface area contributed by atoms with E-state index in [4.69, 9.17) is 10.5 Å². The average Bonchev–Trinajstić information content (AvgIpc) is 2.12. The van der Waals surface area contributed by atoms with E-state index in [9.17, 15) is 4.79 Å². The number of nitrogens with two attached hydrogens (primary N) is 1. The highest BCUT2D eigenvalue weighted by atomic mass is 16.5. The maximum Gasteiger partial charge on any atom is 0.239 e. The summed E-state index contributed by atoms with van der Waals surface area (Å²) in [4.78, 5) is 14.0. The van der Waals surface area contributed by atoms with E-state index in [0.717, 1.165) is 0 Å². The minimum atomic E-state index is -0.402. The Morgan fingerprint density at radius 1 is 1.50 bits per heavy atom. The fraction of sp³-hybridized carbons (Fsp3) is 0.917. The second-order valence-corrected chi connectivity index (χ2v) is 5.68. The van der Waals surface area contributed by atoms with Crippen LogP contribution in [0.1, 0.15) is 34.6 Å². The number of amides is 1. The fourth-order valence-corrected chi connectivity index (χ4v) is 2.12. The lowest BCUT2D eigenvalue weighted by atomic mass is 10.0. The van der Waals surface area contributed by atoms with Gasteiger partial charge in [0.05, 0.1) is 17.7 Å². The number of morpholine rings is 1. The van der Waals surface area contributed by atoms with Crippen molar-refractivity contribution >= 4 is 5.91 Å². The Balaban J connectivity index is 2.69. The van der Waals surface area contributed by atoms with Gasteiger partial charge in [-0.05, 0) is 26.7 Å². The van der Waals surface area contributed by atoms with Gasteiger partial charge in [-0.2, -0.15) is 0 Å². The predicted octanol–water partition coefficient (Wildman–Crippen LogP) is 0.996. The van der Waals surface area contributed by atoms with Crippen LogP contribution in [0.3, 0.4) is 0 Å². The molecule has 0 bridgehead atoms. The van der Waals surface area contributed by atoms with Gasteiger partial charge in [-0.15, -0.1) is 0 Å². The van der Waals surface area contributed by atoms with E-state index in [2.05, 4.69) is 0 Å². The van der Waals surface area contributed by atoms with E-state index in [-0.39, 0.29) is 23.5 Å². The second kappa shape index (κ2) is 4.72. The van der Waals surface area contributed by atoms with Gasteiger partial charge in [-0.3, -0.25) is 4.79 Å². The van der Waals surface area contributed by atoms with Gasteiger partial charge in [-0.1, -0.05) is 13.8 Å². The molecule has 2 N–H and O–H groups in total. The van der Waals surface area contributed by atoms with Crippen molar-refractivity contribution in [3.63, 3.8) is 0 Å². The van der Waals surface area contributed by atoms with Crippen molar-refractivity contribution in [2.24, 2.45) is 11.7 Å². The molecule has 0 radical (unpaired) electrons. The summed E-state index contributed by atoms with van der Waals surface area (Å²) in [6, 6.07) is -0.402. The Morgan fingerprint density at radius 2 is 2.06 bits per heavy atom. The molecule has 1 heterocycles. The predicted molar refractivity (Wildman–Crippen MR) is 64.0 cm³/mol. The standard InChI is InChI=1S/C12H24N2O2/c1-8(2)10(13)11(15)14-6-9(3)16-12(4,5)7-14/h8-10H,6-7,13H2,1-5H3. The highest BCUT2D eigenvalue weighted by Crippen LogP contribution is 2.21. The Kier molecular flexibility index (Phi) is 3.97. The molecule has 0 aromatic carbocycles. The van der Waals surface area contributed by atoms with Crippen molar-refractivity contribution in [1.82, 2.24) is 4.90 Å². The number of hydrogen-bond acceptors (Lipinski definition) is 3. The van der Waals surface area contributed by atoms with Crippen LogP contribution in [0.5, 0.6) is 0 Å². The van der Waals surface area contributed by atoms with Crippen LogP contribution >= 0.6 is 0 Å². The Bertz CT molecular complexity index is 264. The first-order chi connectivity index (χ1) is 7.23. The largest absolute Gasteiger partial charge is 0.369 e. The van der Waals surface area contributed by atoms with Crippen molar-refractivity contribution in [3.05, 3.63) is 0 Å². The zero-order valence-electron chi connectivity index (χ0n) is 11.0. The maximum atomic E-state index is 12.1. The maximum absolute atomic E-state index is 12.1. The number of rotatable bonds is 2. The van der Waals surface area contributed by atoms with Crippen molar-refractivity contribution in [2.75, 3.05) is 13.1 Å². The molecular formula is C12H24N2O2. The normalized spacial score (nSPS) is 26.9. The van der Waals surface area contributed by atoms with Crippen molar-refractivity contribution in [1.29, 1.82) is 0 Å². The van der Waals surface area contributed by atoms with E-state index in [1.165, 1.54) is 0 Å². The van der Waals surface area contributed by atoms with E-state index in [0.29, 0.717) is 13.1 Å². The van der Waals surface area contributed by atoms with Gasteiger partial charge in [0.25, 0.3) is 0 Å². The molecule has 0 aromatic heterocycles. The van der Waals surface area contributed by atoms with Crippen LogP contribution in [0.4, 0.5) is 0 Å². The molecule has 0 saturated carbocycles. The zero-order valence-corrected chi connectivity index (χ0v) is 11.0. The monoisotopic (exact) mass is 228 g/mol. The first kappa shape index (κ1) is 13.5. The first-order valence-electron chi connectivity index (χ1n) is 5.95. The van der Waals surface area contributed by atoms with Gasteiger partial charge < -0.3 is 15.4 Å². The molecular weight excluding hydrogens is 204 g/mol. The van der Waals surface area contributed by atoms with Gasteiger partial charge in [0.2, 0.25) is 5.91 Å².